The molecule has 10 heavy (non-hydrogen) atoms. The second-order valence-electron chi connectivity index (χ2n) is 1.59. The summed E-state index contributed by atoms with van der Waals surface area (Å²) in [5.74, 6) is 0.384. The summed E-state index contributed by atoms with van der Waals surface area (Å²) < 4.78 is 4.67. The maximum atomic E-state index is 4.75. The standard InChI is InChI=1S/C5H8N2O2.ClH/c1-4-3-5(8-6-2)9-7-4;/h3,6H,1-2H3;1H. The highest BCUT2D eigenvalue weighted by atomic mass is 35.5. The van der Waals surface area contributed by atoms with E-state index in [0.29, 0.717) is 5.95 Å². The fourth-order valence-electron chi connectivity index (χ4n) is 0.489. The lowest BCUT2D eigenvalue weighted by molar-refractivity contribution is 0.151. The molecule has 0 aliphatic rings. The quantitative estimate of drug-likeness (QED) is 0.661. The van der Waals surface area contributed by atoms with E-state index in [1.807, 2.05) is 6.92 Å². The maximum absolute atomic E-state index is 4.75. The Hall–Kier alpha value is -0.740. The molecule has 0 aliphatic heterocycles. The van der Waals surface area contributed by atoms with Crippen molar-refractivity contribution in [3.8, 4) is 5.95 Å². The van der Waals surface area contributed by atoms with Crippen molar-refractivity contribution in [3.63, 3.8) is 0 Å². The molecule has 1 heterocycles. The third-order valence-corrected chi connectivity index (χ3v) is 0.809. The van der Waals surface area contributed by atoms with E-state index < -0.39 is 0 Å². The summed E-state index contributed by atoms with van der Waals surface area (Å²) in [5, 5.41) is 3.60. The summed E-state index contributed by atoms with van der Waals surface area (Å²) in [5.41, 5.74) is 3.27. The summed E-state index contributed by atoms with van der Waals surface area (Å²) in [6.07, 6.45) is 0. The van der Waals surface area contributed by atoms with E-state index in [4.69, 9.17) is 4.84 Å². The van der Waals surface area contributed by atoms with Crippen molar-refractivity contribution < 1.29 is 9.36 Å². The van der Waals surface area contributed by atoms with Crippen molar-refractivity contribution >= 4 is 12.4 Å². The lowest BCUT2D eigenvalue weighted by atomic mass is 10.5. The van der Waals surface area contributed by atoms with Gasteiger partial charge in [-0.2, -0.15) is 5.48 Å². The van der Waals surface area contributed by atoms with Gasteiger partial charge >= 0.3 is 5.95 Å². The van der Waals surface area contributed by atoms with Crippen LogP contribution in [0.25, 0.3) is 0 Å². The Morgan fingerprint density at radius 1 is 1.70 bits per heavy atom. The zero-order valence-corrected chi connectivity index (χ0v) is 6.57. The van der Waals surface area contributed by atoms with Crippen molar-refractivity contribution in [1.82, 2.24) is 10.6 Å². The van der Waals surface area contributed by atoms with Gasteiger partial charge in [0.05, 0.1) is 5.69 Å². The van der Waals surface area contributed by atoms with Gasteiger partial charge in [-0.25, -0.2) is 0 Å². The molecule has 0 aliphatic carbocycles. The summed E-state index contributed by atoms with van der Waals surface area (Å²) in [7, 11) is 1.65. The third-order valence-electron chi connectivity index (χ3n) is 0.809. The monoisotopic (exact) mass is 164 g/mol. The minimum Gasteiger partial charge on any atom is -0.369 e. The van der Waals surface area contributed by atoms with E-state index in [1.54, 1.807) is 13.1 Å². The molecule has 1 aromatic heterocycles. The highest BCUT2D eigenvalue weighted by molar-refractivity contribution is 5.85. The van der Waals surface area contributed by atoms with Crippen LogP contribution in [0.4, 0.5) is 0 Å². The summed E-state index contributed by atoms with van der Waals surface area (Å²) in [6, 6.07) is 1.69. The minimum absolute atomic E-state index is 0. The highest BCUT2D eigenvalue weighted by Gasteiger charge is 1.97. The van der Waals surface area contributed by atoms with Gasteiger partial charge in [0, 0.05) is 13.1 Å². The normalized spacial score (nSPS) is 8.60. The van der Waals surface area contributed by atoms with Crippen LogP contribution in [0.5, 0.6) is 5.95 Å². The van der Waals surface area contributed by atoms with Crippen molar-refractivity contribution in [2.45, 2.75) is 6.92 Å². The van der Waals surface area contributed by atoms with Crippen molar-refractivity contribution in [1.29, 1.82) is 0 Å². The third kappa shape index (κ3) is 2.24. The van der Waals surface area contributed by atoms with Crippen LogP contribution in [-0.4, -0.2) is 12.2 Å². The topological polar surface area (TPSA) is 47.3 Å². The molecule has 0 amide bonds. The van der Waals surface area contributed by atoms with Crippen LogP contribution in [0, 0.1) is 6.92 Å². The number of nitrogens with zero attached hydrogens (tertiary/aromatic N) is 1. The van der Waals surface area contributed by atoms with E-state index in [9.17, 15) is 0 Å². The molecule has 0 bridgehead atoms. The first-order valence-corrected chi connectivity index (χ1v) is 2.60. The van der Waals surface area contributed by atoms with Crippen molar-refractivity contribution in [2.75, 3.05) is 7.05 Å². The molecule has 0 saturated carbocycles. The van der Waals surface area contributed by atoms with Gasteiger partial charge in [-0.05, 0) is 6.92 Å². The molecule has 1 rings (SSSR count). The predicted octanol–water partition coefficient (Wildman–Crippen LogP) is 0.918. The Labute approximate surface area is 64.9 Å². The molecule has 5 heteroatoms. The first-order valence-electron chi connectivity index (χ1n) is 2.60. The second kappa shape index (κ2) is 4.14. The van der Waals surface area contributed by atoms with Crippen LogP contribution < -0.4 is 10.3 Å². The Morgan fingerprint density at radius 3 is 2.80 bits per heavy atom. The Morgan fingerprint density at radius 2 is 2.40 bits per heavy atom. The fourth-order valence-corrected chi connectivity index (χ4v) is 0.489. The molecule has 0 radical (unpaired) electrons. The fraction of sp³-hybridized carbons (Fsp3) is 0.400. The number of hydrogen-bond donors (Lipinski definition) is 1. The number of hydrogen-bond acceptors (Lipinski definition) is 4. The number of halogens is 1. The van der Waals surface area contributed by atoms with E-state index in [1.165, 1.54) is 0 Å². The molecule has 0 atom stereocenters. The number of aromatic nitrogens is 1. The van der Waals surface area contributed by atoms with Gasteiger partial charge in [0.2, 0.25) is 0 Å². The average molecular weight is 165 g/mol. The van der Waals surface area contributed by atoms with Crippen LogP contribution in [-0.2, 0) is 0 Å². The van der Waals surface area contributed by atoms with Crippen molar-refractivity contribution in [3.05, 3.63) is 11.8 Å². The zero-order chi connectivity index (χ0) is 6.69. The maximum Gasteiger partial charge on any atom is 0.330 e. The van der Waals surface area contributed by atoms with Gasteiger partial charge in [-0.3, -0.25) is 0 Å². The van der Waals surface area contributed by atoms with Gasteiger partial charge in [-0.1, -0.05) is 5.16 Å². The SMILES string of the molecule is CNOc1cc(C)no1.Cl. The zero-order valence-electron chi connectivity index (χ0n) is 5.75. The van der Waals surface area contributed by atoms with Gasteiger partial charge < -0.3 is 9.36 Å². The number of nitrogens with one attached hydrogen (secondary N) is 1. The van der Waals surface area contributed by atoms with Gasteiger partial charge in [0.15, 0.2) is 0 Å². The second-order valence-corrected chi connectivity index (χ2v) is 1.59. The molecule has 0 unspecified atom stereocenters. The van der Waals surface area contributed by atoms with Crippen LogP contribution in [0.1, 0.15) is 5.69 Å². The summed E-state index contributed by atoms with van der Waals surface area (Å²) >= 11 is 0. The molecule has 0 saturated heterocycles. The van der Waals surface area contributed by atoms with E-state index >= 15 is 0 Å². The molecular weight excluding hydrogens is 156 g/mol. The largest absolute Gasteiger partial charge is 0.369 e. The Bertz CT molecular complexity index is 190. The first-order chi connectivity index (χ1) is 4.33. The first kappa shape index (κ1) is 9.26. The molecular formula is C5H9ClN2O2. The molecule has 0 fully saturated rings. The van der Waals surface area contributed by atoms with Gasteiger partial charge in [-0.15, -0.1) is 12.4 Å². The Kier molecular flexibility index (Phi) is 3.83. The van der Waals surface area contributed by atoms with E-state index in [2.05, 4.69) is 15.2 Å². The number of aryl methyl sites for hydroxylation is 1. The molecule has 1 N–H and O–H groups in total. The average Bonchev–Trinajstić information content (AvgIpc) is 2.17. The van der Waals surface area contributed by atoms with E-state index in [-0.39, 0.29) is 12.4 Å². The summed E-state index contributed by atoms with van der Waals surface area (Å²) in [4.78, 5) is 4.75. The molecule has 0 aromatic carbocycles. The molecule has 4 nitrogen and oxygen atoms in total. The van der Waals surface area contributed by atoms with Gasteiger partial charge in [0.25, 0.3) is 0 Å². The van der Waals surface area contributed by atoms with Crippen LogP contribution >= 0.6 is 12.4 Å². The minimum atomic E-state index is 0. The lowest BCUT2D eigenvalue weighted by Gasteiger charge is -1.91. The Balaban J connectivity index is 0.000000810. The van der Waals surface area contributed by atoms with Crippen LogP contribution in [0.2, 0.25) is 0 Å². The van der Waals surface area contributed by atoms with Crippen LogP contribution in [0.3, 0.4) is 0 Å². The van der Waals surface area contributed by atoms with Gasteiger partial charge in [0.1, 0.15) is 0 Å². The van der Waals surface area contributed by atoms with Crippen molar-refractivity contribution in [2.24, 2.45) is 0 Å². The molecule has 0 spiro atoms. The predicted molar refractivity (Wildman–Crippen MR) is 38.2 cm³/mol. The number of rotatable bonds is 2. The molecule has 58 valence electrons. The summed E-state index contributed by atoms with van der Waals surface area (Å²) in [6.45, 7) is 1.83. The lowest BCUT2D eigenvalue weighted by Crippen LogP contribution is -2.09. The van der Waals surface area contributed by atoms with Crippen LogP contribution in [0.15, 0.2) is 10.6 Å². The highest BCUT2D eigenvalue weighted by Crippen LogP contribution is 2.08. The molecule has 1 aromatic rings. The number of hydroxylamine groups is 1. The van der Waals surface area contributed by atoms with E-state index in [0.717, 1.165) is 5.69 Å². The smallest absolute Gasteiger partial charge is 0.330 e.